The fourth-order valence-corrected chi connectivity index (χ4v) is 1.75. The van der Waals surface area contributed by atoms with E-state index in [4.69, 9.17) is 0 Å². The van der Waals surface area contributed by atoms with Gasteiger partial charge in [-0.1, -0.05) is 30.3 Å². The number of rotatable bonds is 3. The molecule has 96 valence electrons. The molecule has 0 radical (unpaired) electrons. The van der Waals surface area contributed by atoms with Gasteiger partial charge in [0, 0.05) is 6.07 Å². The Morgan fingerprint density at radius 1 is 0.895 bits per heavy atom. The number of aromatic hydroxyl groups is 1. The first-order valence-electron chi connectivity index (χ1n) is 5.22. The van der Waals surface area contributed by atoms with Crippen molar-refractivity contribution in [2.75, 3.05) is 0 Å². The van der Waals surface area contributed by atoms with Gasteiger partial charge < -0.3 is 5.11 Å². The topological polar surface area (TPSA) is 107 Å². The Morgan fingerprint density at radius 2 is 1.53 bits per heavy atom. The molecule has 2 aromatic rings. The largest absolute Gasteiger partial charge is 0.497 e. The quantitative estimate of drug-likeness (QED) is 0.674. The lowest BCUT2D eigenvalue weighted by Gasteiger charge is -2.05. The Labute approximate surface area is 107 Å². The second-order valence-corrected chi connectivity index (χ2v) is 3.71. The zero-order valence-corrected chi connectivity index (χ0v) is 9.52. The Bertz CT molecular complexity index is 655. The first kappa shape index (κ1) is 12.5. The normalized spacial score (nSPS) is 10.1. The van der Waals surface area contributed by atoms with E-state index in [1.807, 2.05) is 0 Å². The molecule has 0 aliphatic carbocycles. The Kier molecular flexibility index (Phi) is 3.11. The van der Waals surface area contributed by atoms with Crippen LogP contribution >= 0.6 is 0 Å². The SMILES string of the molecule is O=[N+]([O-])c1ccc(-c2ccccc2)c([N+](=O)[O-])c1O. The number of phenolic OH excluding ortho intramolecular Hbond substituents is 1. The van der Waals surface area contributed by atoms with Crippen molar-refractivity contribution in [3.05, 3.63) is 62.7 Å². The maximum atomic E-state index is 11.0. The molecule has 0 atom stereocenters. The molecule has 0 bridgehead atoms. The van der Waals surface area contributed by atoms with Gasteiger partial charge in [0.2, 0.25) is 0 Å². The number of nitro benzene ring substituents is 2. The molecule has 2 aromatic carbocycles. The fraction of sp³-hybridized carbons (Fsp3) is 0. The van der Waals surface area contributed by atoms with Crippen LogP contribution in [0.5, 0.6) is 5.75 Å². The summed E-state index contributed by atoms with van der Waals surface area (Å²) in [6.07, 6.45) is 0. The summed E-state index contributed by atoms with van der Waals surface area (Å²) >= 11 is 0. The summed E-state index contributed by atoms with van der Waals surface area (Å²) in [7, 11) is 0. The van der Waals surface area contributed by atoms with E-state index in [0.717, 1.165) is 6.07 Å². The summed E-state index contributed by atoms with van der Waals surface area (Å²) in [5.74, 6) is -0.934. The number of phenols is 1. The summed E-state index contributed by atoms with van der Waals surface area (Å²) in [6.45, 7) is 0. The predicted molar refractivity (Wildman–Crippen MR) is 66.9 cm³/mol. The standard InChI is InChI=1S/C12H8N2O5/c15-12-10(13(16)17)7-6-9(11(12)14(18)19)8-4-2-1-3-5-8/h1-7,15H. The molecule has 0 aromatic heterocycles. The van der Waals surface area contributed by atoms with Gasteiger partial charge in [-0.3, -0.25) is 20.2 Å². The molecule has 0 fully saturated rings. The average molecular weight is 260 g/mol. The third-order valence-corrected chi connectivity index (χ3v) is 2.59. The van der Waals surface area contributed by atoms with Crippen LogP contribution in [0.25, 0.3) is 11.1 Å². The summed E-state index contributed by atoms with van der Waals surface area (Å²) in [5, 5.41) is 31.4. The highest BCUT2D eigenvalue weighted by Crippen LogP contribution is 2.42. The third kappa shape index (κ3) is 2.21. The van der Waals surface area contributed by atoms with Crippen LogP contribution in [-0.4, -0.2) is 15.0 Å². The molecule has 7 nitrogen and oxygen atoms in total. The van der Waals surface area contributed by atoms with Crippen LogP contribution in [0, 0.1) is 20.2 Å². The summed E-state index contributed by atoms with van der Waals surface area (Å²) < 4.78 is 0. The number of nitro groups is 2. The monoisotopic (exact) mass is 260 g/mol. The van der Waals surface area contributed by atoms with Gasteiger partial charge in [-0.05, 0) is 11.6 Å². The van der Waals surface area contributed by atoms with Gasteiger partial charge in [0.15, 0.2) is 0 Å². The molecule has 0 saturated heterocycles. The molecule has 0 saturated carbocycles. The van der Waals surface area contributed by atoms with Gasteiger partial charge >= 0.3 is 11.4 Å². The van der Waals surface area contributed by atoms with E-state index in [0.29, 0.717) is 5.56 Å². The molecule has 0 amide bonds. The van der Waals surface area contributed by atoms with Crippen molar-refractivity contribution in [3.63, 3.8) is 0 Å². The zero-order valence-electron chi connectivity index (χ0n) is 9.52. The van der Waals surface area contributed by atoms with Crippen molar-refractivity contribution in [1.82, 2.24) is 0 Å². The van der Waals surface area contributed by atoms with E-state index in [1.54, 1.807) is 30.3 Å². The van der Waals surface area contributed by atoms with Crippen LogP contribution in [-0.2, 0) is 0 Å². The van der Waals surface area contributed by atoms with E-state index in [9.17, 15) is 25.3 Å². The molecule has 19 heavy (non-hydrogen) atoms. The molecule has 2 rings (SSSR count). The lowest BCUT2D eigenvalue weighted by molar-refractivity contribution is -0.395. The zero-order chi connectivity index (χ0) is 14.0. The van der Waals surface area contributed by atoms with Crippen molar-refractivity contribution in [2.45, 2.75) is 0 Å². The van der Waals surface area contributed by atoms with E-state index in [-0.39, 0.29) is 5.56 Å². The summed E-state index contributed by atoms with van der Waals surface area (Å²) in [5.41, 5.74) is -0.722. The maximum Gasteiger partial charge on any atom is 0.325 e. The molecule has 7 heteroatoms. The molecular formula is C12H8N2O5. The van der Waals surface area contributed by atoms with Gasteiger partial charge in [-0.2, -0.15) is 0 Å². The van der Waals surface area contributed by atoms with E-state index >= 15 is 0 Å². The van der Waals surface area contributed by atoms with Crippen LogP contribution in [0.4, 0.5) is 11.4 Å². The summed E-state index contributed by atoms with van der Waals surface area (Å²) in [4.78, 5) is 20.0. The number of hydrogen-bond donors (Lipinski definition) is 1. The summed E-state index contributed by atoms with van der Waals surface area (Å²) in [6, 6.07) is 10.6. The second kappa shape index (κ2) is 4.73. The Hall–Kier alpha value is -2.96. The van der Waals surface area contributed by atoms with Crippen molar-refractivity contribution in [3.8, 4) is 16.9 Å². The van der Waals surface area contributed by atoms with Gasteiger partial charge in [-0.15, -0.1) is 0 Å². The second-order valence-electron chi connectivity index (χ2n) is 3.71. The lowest BCUT2D eigenvalue weighted by atomic mass is 10.0. The highest BCUT2D eigenvalue weighted by atomic mass is 16.6. The van der Waals surface area contributed by atoms with Crippen LogP contribution in [0.15, 0.2) is 42.5 Å². The molecule has 0 heterocycles. The van der Waals surface area contributed by atoms with E-state index in [2.05, 4.69) is 0 Å². The molecule has 1 N–H and O–H groups in total. The minimum absolute atomic E-state index is 0.133. The molecule has 0 unspecified atom stereocenters. The predicted octanol–water partition coefficient (Wildman–Crippen LogP) is 2.88. The first-order chi connectivity index (χ1) is 9.02. The minimum atomic E-state index is -0.934. The average Bonchev–Trinajstić information content (AvgIpc) is 2.38. The van der Waals surface area contributed by atoms with Gasteiger partial charge in [0.1, 0.15) is 0 Å². The van der Waals surface area contributed by atoms with Gasteiger partial charge in [0.05, 0.1) is 15.4 Å². The molecule has 0 aliphatic heterocycles. The number of benzene rings is 2. The van der Waals surface area contributed by atoms with Crippen LogP contribution < -0.4 is 0 Å². The minimum Gasteiger partial charge on any atom is -0.497 e. The molecule has 0 aliphatic rings. The van der Waals surface area contributed by atoms with Crippen LogP contribution in [0.2, 0.25) is 0 Å². The number of hydrogen-bond acceptors (Lipinski definition) is 5. The smallest absolute Gasteiger partial charge is 0.325 e. The van der Waals surface area contributed by atoms with Gasteiger partial charge in [-0.25, -0.2) is 0 Å². The fourth-order valence-electron chi connectivity index (χ4n) is 1.75. The highest BCUT2D eigenvalue weighted by molar-refractivity contribution is 5.80. The highest BCUT2D eigenvalue weighted by Gasteiger charge is 2.29. The van der Waals surface area contributed by atoms with Crippen molar-refractivity contribution < 1.29 is 15.0 Å². The van der Waals surface area contributed by atoms with Crippen molar-refractivity contribution >= 4 is 11.4 Å². The van der Waals surface area contributed by atoms with Crippen molar-refractivity contribution in [1.29, 1.82) is 0 Å². The van der Waals surface area contributed by atoms with E-state index < -0.39 is 27.0 Å². The third-order valence-electron chi connectivity index (χ3n) is 2.59. The maximum absolute atomic E-state index is 11.0. The molecule has 0 spiro atoms. The number of nitrogens with zero attached hydrogens (tertiary/aromatic N) is 2. The lowest BCUT2D eigenvalue weighted by Crippen LogP contribution is -1.96. The van der Waals surface area contributed by atoms with Gasteiger partial charge in [0.25, 0.3) is 5.75 Å². The van der Waals surface area contributed by atoms with Crippen LogP contribution in [0.3, 0.4) is 0 Å². The van der Waals surface area contributed by atoms with Crippen LogP contribution in [0.1, 0.15) is 0 Å². The molecular weight excluding hydrogens is 252 g/mol. The Morgan fingerprint density at radius 3 is 2.05 bits per heavy atom. The Balaban J connectivity index is 2.73. The first-order valence-corrected chi connectivity index (χ1v) is 5.22. The van der Waals surface area contributed by atoms with Crippen molar-refractivity contribution in [2.24, 2.45) is 0 Å². The van der Waals surface area contributed by atoms with E-state index in [1.165, 1.54) is 6.07 Å².